The van der Waals surface area contributed by atoms with Crippen molar-refractivity contribution in [1.29, 1.82) is 0 Å². The summed E-state index contributed by atoms with van der Waals surface area (Å²) < 4.78 is 22.1. The lowest BCUT2D eigenvalue weighted by Crippen LogP contribution is -2.33. The number of anilines is 6. The smallest absolute Gasteiger partial charge is 0.248 e. The Labute approximate surface area is 402 Å². The van der Waals surface area contributed by atoms with Crippen molar-refractivity contribution in [3.63, 3.8) is 0 Å². The van der Waals surface area contributed by atoms with Gasteiger partial charge in [0.2, 0.25) is 12.7 Å². The summed E-state index contributed by atoms with van der Waals surface area (Å²) in [7, 11) is 3.36. The van der Waals surface area contributed by atoms with E-state index in [0.29, 0.717) is 0 Å². The first-order valence-corrected chi connectivity index (χ1v) is 23.1. The minimum absolute atomic E-state index is 0.0284. The van der Waals surface area contributed by atoms with E-state index in [4.69, 9.17) is 9.47 Å². The third-order valence-corrected chi connectivity index (χ3v) is 12.8. The van der Waals surface area contributed by atoms with Gasteiger partial charge in [-0.1, -0.05) is 55.1 Å². The fourth-order valence-electron chi connectivity index (χ4n) is 9.12. The second-order valence-corrected chi connectivity index (χ2v) is 17.1. The molecule has 0 saturated carbocycles. The van der Waals surface area contributed by atoms with Crippen molar-refractivity contribution in [1.82, 2.24) is 13.7 Å². The number of aryl methyl sites for hydroxylation is 2. The van der Waals surface area contributed by atoms with Gasteiger partial charge in [-0.2, -0.15) is 0 Å². The third-order valence-electron chi connectivity index (χ3n) is 12.8. The molecule has 0 aliphatic heterocycles. The lowest BCUT2D eigenvalue weighted by atomic mass is 10.1. The molecule has 0 aliphatic rings. The van der Waals surface area contributed by atoms with Crippen LogP contribution in [0.4, 0.5) is 34.1 Å². The third kappa shape index (κ3) is 9.46. The van der Waals surface area contributed by atoms with Crippen molar-refractivity contribution in [2.45, 2.75) is 39.4 Å². The fraction of sp³-hybridized carbons (Fsp3) is 0.138. The second-order valence-electron chi connectivity index (χ2n) is 17.1. The molecule has 2 N–H and O–H groups in total. The summed E-state index contributed by atoms with van der Waals surface area (Å²) in [6.45, 7) is 6.87. The van der Waals surface area contributed by atoms with Gasteiger partial charge in [0.25, 0.3) is 0 Å². The van der Waals surface area contributed by atoms with Crippen molar-refractivity contribution >= 4 is 62.1 Å². The second kappa shape index (κ2) is 19.8. The average molecular weight is 914 g/mol. The maximum absolute atomic E-state index is 9.91. The first-order chi connectivity index (χ1) is 33.9. The molecule has 69 heavy (non-hydrogen) atoms. The van der Waals surface area contributed by atoms with Crippen molar-refractivity contribution in [3.8, 4) is 11.5 Å². The van der Waals surface area contributed by atoms with E-state index in [1.807, 2.05) is 65.6 Å². The molecule has 0 aliphatic carbocycles. The van der Waals surface area contributed by atoms with E-state index >= 15 is 0 Å². The molecule has 0 unspecified atom stereocenters. The monoisotopic (exact) mass is 913 g/mol. The number of methoxy groups -OCH3 is 2. The van der Waals surface area contributed by atoms with Gasteiger partial charge in [-0.3, -0.25) is 0 Å². The highest BCUT2D eigenvalue weighted by Crippen LogP contribution is 2.42. The molecule has 10 rings (SSSR count). The van der Waals surface area contributed by atoms with Gasteiger partial charge in [0.1, 0.15) is 55.9 Å². The number of ether oxygens (including phenoxy) is 2. The number of fused-ring (bicyclic) bond motifs is 3. The number of nitrogens with zero attached hydrogens (tertiary/aromatic N) is 7. The van der Waals surface area contributed by atoms with E-state index < -0.39 is 0 Å². The first kappa shape index (κ1) is 44.5. The number of benzene rings is 7. The molecule has 0 bridgehead atoms. The molecule has 344 valence electrons. The topological polar surface area (TPSA) is 88.0 Å². The molecule has 3 heterocycles. The van der Waals surface area contributed by atoms with Gasteiger partial charge in [0.15, 0.2) is 0 Å². The highest BCUT2D eigenvalue weighted by molar-refractivity contribution is 6.11. The molecule has 10 aromatic rings. The van der Waals surface area contributed by atoms with Gasteiger partial charge in [0.05, 0.1) is 40.2 Å². The minimum atomic E-state index is -0.0284. The van der Waals surface area contributed by atoms with Crippen LogP contribution in [-0.2, 0) is 39.4 Å². The maximum atomic E-state index is 9.91. The number of hydrogen-bond donors (Lipinski definition) is 2. The van der Waals surface area contributed by atoms with Crippen LogP contribution in [0.1, 0.15) is 22.3 Å². The number of aromatic nitrogens is 5. The number of rotatable bonds is 18. The highest BCUT2D eigenvalue weighted by atomic mass is 16.5. The van der Waals surface area contributed by atoms with Crippen LogP contribution in [0.25, 0.3) is 28.0 Å². The van der Waals surface area contributed by atoms with Gasteiger partial charge in [-0.05, 0) is 131 Å². The van der Waals surface area contributed by atoms with Gasteiger partial charge < -0.3 is 34.1 Å². The molecule has 3 aromatic heterocycles. The molecule has 11 heteroatoms. The molecular weight excluding hydrogens is 859 g/mol. The number of aliphatic hydroxyl groups is 2. The van der Waals surface area contributed by atoms with Crippen LogP contribution in [0.5, 0.6) is 11.5 Å². The Bertz CT molecular complexity index is 3090. The van der Waals surface area contributed by atoms with Crippen LogP contribution in [0.15, 0.2) is 202 Å². The molecule has 0 atom stereocenters. The Hall–Kier alpha value is -8.38. The molecule has 0 amide bonds. The summed E-state index contributed by atoms with van der Waals surface area (Å²) in [5.74, 6) is 1.56. The van der Waals surface area contributed by atoms with Crippen LogP contribution in [0.3, 0.4) is 0 Å². The zero-order chi connectivity index (χ0) is 47.3. The maximum Gasteiger partial charge on any atom is 0.248 e. The Morgan fingerprint density at radius 3 is 1.33 bits per heavy atom. The van der Waals surface area contributed by atoms with Crippen LogP contribution >= 0.6 is 0 Å². The van der Waals surface area contributed by atoms with Crippen molar-refractivity contribution in [2.24, 2.45) is 0 Å². The standard InChI is InChI=1S/C58H55N7O4/c1-4-59-29-31-61(41-59)37-43-5-7-44(8-6-43)38-62-32-30-60(42-62)33-34-63-57-27-21-51(64(47-13-9-45(39-66)10-14-47)49-17-23-53(68-2)24-18-49)35-55(57)56-36-52(22-28-58(56)63)65(48-15-11-46(40-67)12-16-48)50-19-25-54(69-3)26-20-50/h4-32,35-36,41-42,66-67H,1,33-34,37-40H2,2-3H3/q+2. The quantitative estimate of drug-likeness (QED) is 0.0834. The van der Waals surface area contributed by atoms with Gasteiger partial charge in [0, 0.05) is 55.9 Å². The molecule has 0 fully saturated rings. The Morgan fingerprint density at radius 1 is 0.507 bits per heavy atom. The lowest BCUT2D eigenvalue weighted by molar-refractivity contribution is -0.697. The number of hydrogen-bond acceptors (Lipinski definition) is 6. The van der Waals surface area contributed by atoms with Crippen molar-refractivity contribution < 1.29 is 28.8 Å². The molecule has 0 spiro atoms. The molecule has 11 nitrogen and oxygen atoms in total. The van der Waals surface area contributed by atoms with Gasteiger partial charge in [-0.15, -0.1) is 0 Å². The van der Waals surface area contributed by atoms with E-state index in [2.05, 4.69) is 169 Å². The van der Waals surface area contributed by atoms with E-state index in [0.717, 1.165) is 105 Å². The summed E-state index contributed by atoms with van der Waals surface area (Å²) in [6, 6.07) is 54.6. The Morgan fingerprint density at radius 2 is 0.913 bits per heavy atom. The average Bonchev–Trinajstić information content (AvgIpc) is 4.14. The zero-order valence-corrected chi connectivity index (χ0v) is 38.8. The summed E-state index contributed by atoms with van der Waals surface area (Å²) in [5, 5.41) is 22.0. The summed E-state index contributed by atoms with van der Waals surface area (Å²) in [5.41, 5.74) is 12.3. The van der Waals surface area contributed by atoms with E-state index in [1.54, 1.807) is 20.4 Å². The normalized spacial score (nSPS) is 11.3. The van der Waals surface area contributed by atoms with E-state index in [-0.39, 0.29) is 13.2 Å². The fourth-order valence-corrected chi connectivity index (χ4v) is 9.12. The first-order valence-electron chi connectivity index (χ1n) is 23.1. The summed E-state index contributed by atoms with van der Waals surface area (Å²) in [4.78, 5) is 4.48. The van der Waals surface area contributed by atoms with Crippen LogP contribution in [0, 0.1) is 0 Å². The molecule has 0 saturated heterocycles. The summed E-state index contributed by atoms with van der Waals surface area (Å²) >= 11 is 0. The molecule has 7 aromatic carbocycles. The predicted molar refractivity (Wildman–Crippen MR) is 274 cm³/mol. The van der Waals surface area contributed by atoms with E-state index in [1.165, 1.54) is 11.1 Å². The van der Waals surface area contributed by atoms with Crippen molar-refractivity contribution in [2.75, 3.05) is 24.0 Å². The lowest BCUT2D eigenvalue weighted by Gasteiger charge is -2.26. The zero-order valence-electron chi connectivity index (χ0n) is 38.8. The summed E-state index contributed by atoms with van der Waals surface area (Å²) in [6.07, 6.45) is 14.4. The van der Waals surface area contributed by atoms with Crippen LogP contribution in [0.2, 0.25) is 0 Å². The van der Waals surface area contributed by atoms with E-state index in [9.17, 15) is 10.2 Å². The minimum Gasteiger partial charge on any atom is -0.497 e. The molecule has 0 radical (unpaired) electrons. The molecular formula is C58H55N7O4+2. The number of aliphatic hydroxyl groups excluding tert-OH is 2. The number of imidazole rings is 2. The van der Waals surface area contributed by atoms with Gasteiger partial charge >= 0.3 is 0 Å². The Kier molecular flexibility index (Phi) is 12.8. The SMILES string of the molecule is C=C[n+]1ccn(Cc2ccc(Cn3cc[n+](CCn4c5ccc(N(c6ccc(CO)cc6)c6ccc(OC)cc6)cc5c5cc(N(c6ccc(CO)cc6)c6ccc(OC)cc6)ccc54)c3)cc2)c1. The van der Waals surface area contributed by atoms with Gasteiger partial charge in [-0.25, -0.2) is 18.3 Å². The highest BCUT2D eigenvalue weighted by Gasteiger charge is 2.21. The largest absolute Gasteiger partial charge is 0.497 e. The van der Waals surface area contributed by atoms with Crippen molar-refractivity contribution in [3.05, 3.63) is 224 Å². The van der Waals surface area contributed by atoms with Crippen LogP contribution < -0.4 is 28.4 Å². The van der Waals surface area contributed by atoms with Crippen LogP contribution in [-0.4, -0.2) is 38.1 Å². The predicted octanol–water partition coefficient (Wildman–Crippen LogP) is 10.8. The Balaban J connectivity index is 1.03.